The maximum absolute atomic E-state index is 11.5. The van der Waals surface area contributed by atoms with Crippen LogP contribution in [0.4, 0.5) is 5.69 Å². The summed E-state index contributed by atoms with van der Waals surface area (Å²) in [4.78, 5) is 5.29. The molecule has 2 aliphatic rings. The molecule has 0 radical (unpaired) electrons. The molecule has 0 N–H and O–H groups in total. The zero-order valence-corrected chi connectivity index (χ0v) is 13.9. The molecule has 5 nitrogen and oxygen atoms in total. The lowest BCUT2D eigenvalue weighted by Gasteiger charge is -2.41. The Morgan fingerprint density at radius 3 is 2.41 bits per heavy atom. The smallest absolute Gasteiger partial charge is 0.175 e. The zero-order valence-electron chi connectivity index (χ0n) is 13.1. The Bertz CT molecular complexity index is 594. The van der Waals surface area contributed by atoms with Crippen LogP contribution in [0.2, 0.25) is 0 Å². The summed E-state index contributed by atoms with van der Waals surface area (Å²) in [5.41, 5.74) is 1.12. The van der Waals surface area contributed by atoms with E-state index in [1.165, 1.54) is 19.1 Å². The highest BCUT2D eigenvalue weighted by Gasteiger charge is 2.26. The van der Waals surface area contributed by atoms with Crippen LogP contribution in [0, 0.1) is 0 Å². The number of hydrogen-bond acceptors (Lipinski definition) is 5. The Labute approximate surface area is 132 Å². The van der Waals surface area contributed by atoms with E-state index < -0.39 is 9.84 Å². The number of nitrogens with zero attached hydrogens (tertiary/aromatic N) is 2. The van der Waals surface area contributed by atoms with Gasteiger partial charge in [0.05, 0.1) is 18.1 Å². The van der Waals surface area contributed by atoms with Crippen LogP contribution in [-0.2, 0) is 14.6 Å². The molecule has 3 rings (SSSR count). The quantitative estimate of drug-likeness (QED) is 0.841. The molecule has 122 valence electrons. The predicted octanol–water partition coefficient (Wildman–Crippen LogP) is 1.39. The fourth-order valence-corrected chi connectivity index (χ4v) is 3.96. The van der Waals surface area contributed by atoms with E-state index in [1.54, 1.807) is 12.1 Å². The number of hydrogen-bond donors (Lipinski definition) is 0. The van der Waals surface area contributed by atoms with Crippen molar-refractivity contribution in [2.45, 2.75) is 23.8 Å². The van der Waals surface area contributed by atoms with Gasteiger partial charge in [0.1, 0.15) is 0 Å². The van der Waals surface area contributed by atoms with Crippen LogP contribution >= 0.6 is 0 Å². The normalized spacial score (nSPS) is 24.4. The third kappa shape index (κ3) is 3.62. The molecule has 1 aromatic carbocycles. The Balaban J connectivity index is 1.69. The van der Waals surface area contributed by atoms with Crippen LogP contribution in [0.1, 0.15) is 12.8 Å². The molecule has 22 heavy (non-hydrogen) atoms. The van der Waals surface area contributed by atoms with Crippen LogP contribution < -0.4 is 4.90 Å². The first-order valence-electron chi connectivity index (χ1n) is 7.91. The second kappa shape index (κ2) is 6.56. The van der Waals surface area contributed by atoms with Gasteiger partial charge < -0.3 is 9.64 Å². The zero-order chi connectivity index (χ0) is 15.6. The number of ether oxygens (including phenoxy) is 1. The number of morpholine rings is 1. The molecule has 6 heteroatoms. The molecule has 0 bridgehead atoms. The van der Waals surface area contributed by atoms with E-state index in [1.807, 2.05) is 12.1 Å². The lowest BCUT2D eigenvalue weighted by molar-refractivity contribution is 0.0137. The first-order chi connectivity index (χ1) is 10.5. The van der Waals surface area contributed by atoms with Crippen LogP contribution in [-0.4, -0.2) is 65.0 Å². The third-order valence-corrected chi connectivity index (χ3v) is 5.72. The minimum atomic E-state index is -3.12. The van der Waals surface area contributed by atoms with Crippen LogP contribution in [0.25, 0.3) is 0 Å². The Morgan fingerprint density at radius 1 is 1.09 bits per heavy atom. The second-order valence-electron chi connectivity index (χ2n) is 6.16. The molecule has 1 atom stereocenters. The molecule has 1 aromatic rings. The molecule has 2 fully saturated rings. The van der Waals surface area contributed by atoms with Gasteiger partial charge in [-0.3, -0.25) is 4.90 Å². The van der Waals surface area contributed by atoms with E-state index in [0.717, 1.165) is 45.1 Å². The Kier molecular flexibility index (Phi) is 4.70. The molecule has 2 heterocycles. The van der Waals surface area contributed by atoms with Crippen LogP contribution in [0.5, 0.6) is 0 Å². The van der Waals surface area contributed by atoms with Gasteiger partial charge >= 0.3 is 0 Å². The number of anilines is 1. The molecule has 2 saturated heterocycles. The lowest BCUT2D eigenvalue weighted by atomic mass is 10.0. The van der Waals surface area contributed by atoms with Crippen molar-refractivity contribution in [3.05, 3.63) is 24.3 Å². The first kappa shape index (κ1) is 15.8. The summed E-state index contributed by atoms with van der Waals surface area (Å²) < 4.78 is 28.5. The molecular formula is C16H24N2O3S. The molecule has 1 unspecified atom stereocenters. The maximum atomic E-state index is 11.5. The van der Waals surface area contributed by atoms with Crippen molar-refractivity contribution in [3.8, 4) is 0 Å². The minimum Gasteiger partial charge on any atom is -0.379 e. The van der Waals surface area contributed by atoms with E-state index in [4.69, 9.17) is 4.74 Å². The average Bonchev–Trinajstić information content (AvgIpc) is 2.55. The average molecular weight is 324 g/mol. The van der Waals surface area contributed by atoms with E-state index in [0.29, 0.717) is 10.9 Å². The van der Waals surface area contributed by atoms with Gasteiger partial charge in [-0.2, -0.15) is 0 Å². The molecule has 0 aliphatic carbocycles. The van der Waals surface area contributed by atoms with Crippen LogP contribution in [0.3, 0.4) is 0 Å². The van der Waals surface area contributed by atoms with Gasteiger partial charge in [0.2, 0.25) is 0 Å². The van der Waals surface area contributed by atoms with Crippen LogP contribution in [0.15, 0.2) is 29.2 Å². The predicted molar refractivity (Wildman–Crippen MR) is 87.2 cm³/mol. The summed E-state index contributed by atoms with van der Waals surface area (Å²) in [6.07, 6.45) is 3.66. The molecule has 0 saturated carbocycles. The topological polar surface area (TPSA) is 49.9 Å². The molecule has 0 spiro atoms. The number of piperidine rings is 1. The van der Waals surface area contributed by atoms with Gasteiger partial charge in [0.15, 0.2) is 9.84 Å². The van der Waals surface area contributed by atoms with E-state index >= 15 is 0 Å². The van der Waals surface area contributed by atoms with E-state index in [2.05, 4.69) is 9.80 Å². The first-order valence-corrected chi connectivity index (χ1v) is 9.80. The van der Waals surface area contributed by atoms with Crippen molar-refractivity contribution in [2.75, 3.05) is 50.5 Å². The largest absolute Gasteiger partial charge is 0.379 e. The van der Waals surface area contributed by atoms with Crippen molar-refractivity contribution in [2.24, 2.45) is 0 Å². The van der Waals surface area contributed by atoms with Crippen molar-refractivity contribution in [1.29, 1.82) is 0 Å². The minimum absolute atomic E-state index is 0.387. The fourth-order valence-electron chi connectivity index (χ4n) is 3.33. The second-order valence-corrected chi connectivity index (χ2v) is 8.17. The maximum Gasteiger partial charge on any atom is 0.175 e. The van der Waals surface area contributed by atoms with Crippen molar-refractivity contribution in [3.63, 3.8) is 0 Å². The number of sulfone groups is 1. The van der Waals surface area contributed by atoms with Gasteiger partial charge in [-0.25, -0.2) is 8.42 Å². The van der Waals surface area contributed by atoms with Gasteiger partial charge in [-0.05, 0) is 37.1 Å². The fraction of sp³-hybridized carbons (Fsp3) is 0.625. The van der Waals surface area contributed by atoms with Crippen molar-refractivity contribution < 1.29 is 13.2 Å². The monoisotopic (exact) mass is 324 g/mol. The summed E-state index contributed by atoms with van der Waals surface area (Å²) >= 11 is 0. The highest BCUT2D eigenvalue weighted by molar-refractivity contribution is 7.90. The number of rotatable bonds is 3. The van der Waals surface area contributed by atoms with Gasteiger partial charge in [0, 0.05) is 44.2 Å². The Hall–Kier alpha value is -1.11. The summed E-state index contributed by atoms with van der Waals surface area (Å²) in [6.45, 7) is 5.76. The number of benzene rings is 1. The molecule has 0 aromatic heterocycles. The standard InChI is InChI=1S/C16H24N2O3S/c1-22(19,20)16-6-4-14(5-7-16)18-8-2-3-15(13-18)17-9-11-21-12-10-17/h4-7,15H,2-3,8-13H2,1H3. The summed E-state index contributed by atoms with van der Waals surface area (Å²) in [6, 6.07) is 7.86. The highest BCUT2D eigenvalue weighted by atomic mass is 32.2. The van der Waals surface area contributed by atoms with Gasteiger partial charge in [0.25, 0.3) is 0 Å². The molecule has 2 aliphatic heterocycles. The van der Waals surface area contributed by atoms with Gasteiger partial charge in [-0.1, -0.05) is 0 Å². The van der Waals surface area contributed by atoms with Crippen molar-refractivity contribution >= 4 is 15.5 Å². The SMILES string of the molecule is CS(=O)(=O)c1ccc(N2CCCC(N3CCOCC3)C2)cc1. The molecule has 0 amide bonds. The highest BCUT2D eigenvalue weighted by Crippen LogP contribution is 2.24. The summed E-state index contributed by atoms with van der Waals surface area (Å²) in [7, 11) is -3.12. The van der Waals surface area contributed by atoms with Gasteiger partial charge in [-0.15, -0.1) is 0 Å². The third-order valence-electron chi connectivity index (χ3n) is 4.59. The van der Waals surface area contributed by atoms with Crippen molar-refractivity contribution in [1.82, 2.24) is 4.90 Å². The summed E-state index contributed by atoms with van der Waals surface area (Å²) in [5.74, 6) is 0. The Morgan fingerprint density at radius 2 is 1.77 bits per heavy atom. The lowest BCUT2D eigenvalue weighted by Crippen LogP contribution is -2.51. The van der Waals surface area contributed by atoms with E-state index in [9.17, 15) is 8.42 Å². The van der Waals surface area contributed by atoms with E-state index in [-0.39, 0.29) is 0 Å². The molecular weight excluding hydrogens is 300 g/mol. The summed E-state index contributed by atoms with van der Waals surface area (Å²) in [5, 5.41) is 0.